The van der Waals surface area contributed by atoms with Crippen LogP contribution in [0.4, 0.5) is 43.3 Å². The Morgan fingerprint density at radius 1 is 1.06 bits per heavy atom. The number of nitrogens with zero attached hydrogens (tertiary/aromatic N) is 3. The van der Waals surface area contributed by atoms with E-state index in [1.54, 1.807) is 24.3 Å². The van der Waals surface area contributed by atoms with Gasteiger partial charge in [0.05, 0.1) is 28.8 Å². The van der Waals surface area contributed by atoms with E-state index in [4.69, 9.17) is 11.6 Å². The van der Waals surface area contributed by atoms with Gasteiger partial charge in [0, 0.05) is 19.8 Å². The molecule has 3 aromatic rings. The maximum atomic E-state index is 13.4. The number of para-hydroxylation sites is 1. The quantitative estimate of drug-likeness (QED) is 0.238. The minimum absolute atomic E-state index is 0.132. The van der Waals surface area contributed by atoms with Gasteiger partial charge in [0.1, 0.15) is 5.02 Å². The van der Waals surface area contributed by atoms with Crippen molar-refractivity contribution in [3.63, 3.8) is 0 Å². The molecule has 4 N–H and O–H groups in total. The van der Waals surface area contributed by atoms with E-state index in [-0.39, 0.29) is 33.7 Å². The van der Waals surface area contributed by atoms with E-state index in [1.807, 2.05) is 0 Å². The molecule has 0 fully saturated rings. The van der Waals surface area contributed by atoms with Gasteiger partial charge in [-0.1, -0.05) is 23.7 Å². The molecule has 4 rings (SSSR count). The van der Waals surface area contributed by atoms with E-state index in [0.717, 1.165) is 0 Å². The van der Waals surface area contributed by atoms with Crippen LogP contribution in [0.1, 0.15) is 10.4 Å². The number of benzene rings is 2. The fraction of sp³-hybridized carbons (Fsp3) is 0.143. The van der Waals surface area contributed by atoms with E-state index in [9.17, 15) is 18.4 Å². The summed E-state index contributed by atoms with van der Waals surface area (Å²) in [6.45, 7) is 0. The largest absolute Gasteiger partial charge is 0.409 e. The van der Waals surface area contributed by atoms with Gasteiger partial charge in [0.2, 0.25) is 5.95 Å². The normalized spacial score (nSPS) is 13.4. The molecule has 0 bridgehead atoms. The molecule has 9 nitrogen and oxygen atoms in total. The molecule has 0 saturated heterocycles. The Hall–Kier alpha value is -3.99. The summed E-state index contributed by atoms with van der Waals surface area (Å²) in [6.07, 6.45) is -1.89. The second kappa shape index (κ2) is 8.51. The molecule has 170 valence electrons. The molecule has 1 aliphatic rings. The molecule has 1 amide bonds. The summed E-state index contributed by atoms with van der Waals surface area (Å²) < 4.78 is 26.9. The summed E-state index contributed by atoms with van der Waals surface area (Å²) in [6, 6.07) is 11.0. The average Bonchev–Trinajstić information content (AvgIpc) is 3.08. The third-order valence-electron chi connectivity index (χ3n) is 4.63. The van der Waals surface area contributed by atoms with E-state index in [0.29, 0.717) is 11.4 Å². The van der Waals surface area contributed by atoms with Crippen LogP contribution < -0.4 is 21.3 Å². The number of amides is 1. The third-order valence-corrected chi connectivity index (χ3v) is 4.90. The van der Waals surface area contributed by atoms with Crippen molar-refractivity contribution in [2.45, 2.75) is 6.17 Å². The van der Waals surface area contributed by atoms with Crippen LogP contribution in [0.15, 0.2) is 48.7 Å². The number of Topliss-reactive ketones (excluding diaryl/α,β-unsaturated/α-hetero) is 1. The van der Waals surface area contributed by atoms with Gasteiger partial charge in [0.15, 0.2) is 5.82 Å². The summed E-state index contributed by atoms with van der Waals surface area (Å²) in [5, 5.41) is 10.2. The van der Waals surface area contributed by atoms with Crippen molar-refractivity contribution in [3.8, 4) is 0 Å². The Morgan fingerprint density at radius 2 is 1.79 bits per heavy atom. The topological polar surface area (TPSA) is 111 Å². The summed E-state index contributed by atoms with van der Waals surface area (Å²) in [4.78, 5) is 34.3. The molecule has 0 saturated carbocycles. The number of alkyl halides is 2. The predicted molar refractivity (Wildman–Crippen MR) is 122 cm³/mol. The number of likely N-dealkylation sites (N-methyl/N-ethyl adjacent to an activating group) is 1. The predicted octanol–water partition coefficient (Wildman–Crippen LogP) is 4.28. The number of fused-ring (bicyclic) bond motifs is 1. The van der Waals surface area contributed by atoms with Gasteiger partial charge in [-0.25, -0.2) is 4.98 Å². The van der Waals surface area contributed by atoms with E-state index in [2.05, 4.69) is 31.2 Å². The number of nitrogens with one attached hydrogen (secondary N) is 4. The number of hydrogen-bond donors (Lipinski definition) is 4. The Kier molecular flexibility index (Phi) is 5.73. The molecule has 12 heteroatoms. The molecule has 1 aromatic heterocycles. The zero-order valence-electron chi connectivity index (χ0n) is 17.4. The zero-order valence-corrected chi connectivity index (χ0v) is 18.2. The lowest BCUT2D eigenvalue weighted by molar-refractivity contribution is -0.124. The fourth-order valence-electron chi connectivity index (χ4n) is 3.08. The highest BCUT2D eigenvalue weighted by Crippen LogP contribution is 2.37. The zero-order chi connectivity index (χ0) is 23.8. The highest BCUT2D eigenvalue weighted by atomic mass is 35.5. The molecule has 0 spiro atoms. The van der Waals surface area contributed by atoms with E-state index < -0.39 is 17.9 Å². The lowest BCUT2D eigenvalue weighted by Crippen LogP contribution is -2.30. The van der Waals surface area contributed by atoms with Gasteiger partial charge in [-0.15, -0.1) is 0 Å². The SMILES string of the molecule is CN(C)C(=O)C(=O)c1ccccc1Nc1nc(Nc2ccc3c(c2)NC(F)(F)N3)ncc1Cl. The van der Waals surface area contributed by atoms with Crippen LogP contribution in [0, 0.1) is 0 Å². The monoisotopic (exact) mass is 473 g/mol. The number of carbonyl (C=O) groups is 2. The number of ketones is 1. The number of anilines is 6. The number of halogens is 3. The van der Waals surface area contributed by atoms with E-state index >= 15 is 0 Å². The van der Waals surface area contributed by atoms with Crippen LogP contribution in [0.25, 0.3) is 0 Å². The van der Waals surface area contributed by atoms with Crippen molar-refractivity contribution in [2.75, 3.05) is 35.4 Å². The smallest absolute Gasteiger partial charge is 0.342 e. The second-order valence-electron chi connectivity index (χ2n) is 7.30. The molecule has 0 atom stereocenters. The second-order valence-corrected chi connectivity index (χ2v) is 7.71. The van der Waals surface area contributed by atoms with Gasteiger partial charge >= 0.3 is 6.17 Å². The van der Waals surface area contributed by atoms with Crippen molar-refractivity contribution in [1.29, 1.82) is 0 Å². The molecule has 2 heterocycles. The molecule has 2 aromatic carbocycles. The summed E-state index contributed by atoms with van der Waals surface area (Å²) in [5.74, 6) is -1.06. The molecule has 0 unspecified atom stereocenters. The van der Waals surface area contributed by atoms with Crippen LogP contribution in [-0.4, -0.2) is 46.8 Å². The van der Waals surface area contributed by atoms with Crippen molar-refractivity contribution in [2.24, 2.45) is 0 Å². The van der Waals surface area contributed by atoms with Crippen molar-refractivity contribution >= 4 is 57.8 Å². The summed E-state index contributed by atoms with van der Waals surface area (Å²) in [5.41, 5.74) is 1.42. The Bertz CT molecular complexity index is 1250. The number of aromatic nitrogens is 2. The molecule has 33 heavy (non-hydrogen) atoms. The van der Waals surface area contributed by atoms with Gasteiger partial charge in [-0.2, -0.15) is 13.8 Å². The maximum absolute atomic E-state index is 13.4. The molecular formula is C21H18ClF2N7O2. The third kappa shape index (κ3) is 4.77. The first-order valence-corrected chi connectivity index (χ1v) is 10.0. The lowest BCUT2D eigenvalue weighted by atomic mass is 10.1. The Morgan fingerprint density at radius 3 is 2.55 bits per heavy atom. The van der Waals surface area contributed by atoms with E-state index in [1.165, 1.54) is 43.4 Å². The highest BCUT2D eigenvalue weighted by molar-refractivity contribution is 6.43. The van der Waals surface area contributed by atoms with Crippen molar-refractivity contribution < 1.29 is 18.4 Å². The van der Waals surface area contributed by atoms with Crippen LogP contribution in [0.2, 0.25) is 5.02 Å². The maximum Gasteiger partial charge on any atom is 0.409 e. The lowest BCUT2D eigenvalue weighted by Gasteiger charge is -2.14. The van der Waals surface area contributed by atoms with Crippen LogP contribution in [0.3, 0.4) is 0 Å². The summed E-state index contributed by atoms with van der Waals surface area (Å²) in [7, 11) is 2.97. The van der Waals surface area contributed by atoms with Gasteiger partial charge in [-0.3, -0.25) is 9.59 Å². The molecule has 1 aliphatic heterocycles. The molecule has 0 radical (unpaired) electrons. The van der Waals surface area contributed by atoms with Crippen LogP contribution in [0.5, 0.6) is 0 Å². The van der Waals surface area contributed by atoms with Crippen molar-refractivity contribution in [1.82, 2.24) is 14.9 Å². The Balaban J connectivity index is 1.58. The van der Waals surface area contributed by atoms with Gasteiger partial charge in [0.25, 0.3) is 11.7 Å². The number of hydrogen-bond acceptors (Lipinski definition) is 8. The van der Waals surface area contributed by atoms with Crippen molar-refractivity contribution in [3.05, 3.63) is 59.2 Å². The van der Waals surface area contributed by atoms with Crippen LogP contribution in [-0.2, 0) is 4.79 Å². The first-order chi connectivity index (χ1) is 15.6. The Labute approximate surface area is 192 Å². The van der Waals surface area contributed by atoms with Crippen LogP contribution >= 0.6 is 11.6 Å². The standard InChI is InChI=1S/C21H18ClF2N7O2/c1-31(2)19(33)17(32)12-5-3-4-6-14(12)27-18-13(22)10-25-20(28-18)26-11-7-8-15-16(9-11)30-21(23,24)29-15/h3-10,29-30H,1-2H3,(H2,25,26,27,28). The molecule has 0 aliphatic carbocycles. The van der Waals surface area contributed by atoms with Gasteiger partial charge in [-0.05, 0) is 30.3 Å². The number of carbonyl (C=O) groups excluding carboxylic acids is 2. The first kappa shape index (κ1) is 22.2. The summed E-state index contributed by atoms with van der Waals surface area (Å²) >= 11 is 6.23. The fourth-order valence-corrected chi connectivity index (χ4v) is 3.22. The molecular weight excluding hydrogens is 456 g/mol. The highest BCUT2D eigenvalue weighted by Gasteiger charge is 2.36. The number of rotatable bonds is 6. The first-order valence-electron chi connectivity index (χ1n) is 9.63. The minimum Gasteiger partial charge on any atom is -0.342 e. The van der Waals surface area contributed by atoms with Gasteiger partial charge < -0.3 is 26.2 Å². The average molecular weight is 474 g/mol. The minimum atomic E-state index is -3.23.